The Bertz CT molecular complexity index is 1180. The van der Waals surface area contributed by atoms with Crippen molar-refractivity contribution in [2.24, 2.45) is 7.05 Å². The predicted molar refractivity (Wildman–Crippen MR) is 110 cm³/mol. The van der Waals surface area contributed by atoms with E-state index in [0.29, 0.717) is 0 Å². The largest absolute Gasteiger partial charge is 0.454 e. The van der Waals surface area contributed by atoms with Crippen LogP contribution < -0.4 is 4.57 Å². The molecule has 0 bridgehead atoms. The standard InChI is InChI=1S/C24H22NO/c1-5-9-18-17(6-2)12-14-19-20-13-11-16(3)22(24(20)26-23(18)19)21-10-7-8-15-25(21)4/h5-15H,2H2,1,3-4H3/q+1/b9-5-. The molecule has 0 fully saturated rings. The van der Waals surface area contributed by atoms with Gasteiger partial charge in [0.15, 0.2) is 6.20 Å². The summed E-state index contributed by atoms with van der Waals surface area (Å²) >= 11 is 0. The predicted octanol–water partition coefficient (Wildman–Crippen LogP) is 6.06. The molecule has 2 nitrogen and oxygen atoms in total. The maximum absolute atomic E-state index is 6.49. The zero-order chi connectivity index (χ0) is 18.3. The summed E-state index contributed by atoms with van der Waals surface area (Å²) in [5.41, 5.74) is 7.51. The van der Waals surface area contributed by atoms with Crippen molar-refractivity contribution >= 4 is 34.1 Å². The van der Waals surface area contributed by atoms with Gasteiger partial charge in [-0.05, 0) is 37.1 Å². The van der Waals surface area contributed by atoms with Crippen LogP contribution in [-0.2, 0) is 7.05 Å². The number of fused-ring (bicyclic) bond motifs is 3. The van der Waals surface area contributed by atoms with Crippen LogP contribution in [-0.4, -0.2) is 0 Å². The molecule has 0 unspecified atom stereocenters. The summed E-state index contributed by atoms with van der Waals surface area (Å²) in [6, 6.07) is 14.8. The molecule has 2 aromatic carbocycles. The molecule has 0 saturated carbocycles. The van der Waals surface area contributed by atoms with Gasteiger partial charge in [-0.3, -0.25) is 0 Å². The van der Waals surface area contributed by atoms with Gasteiger partial charge >= 0.3 is 0 Å². The smallest absolute Gasteiger partial charge is 0.216 e. The summed E-state index contributed by atoms with van der Waals surface area (Å²) in [5.74, 6) is 0. The molecule has 0 radical (unpaired) electrons. The average Bonchev–Trinajstić information content (AvgIpc) is 3.02. The Morgan fingerprint density at radius 1 is 1.00 bits per heavy atom. The van der Waals surface area contributed by atoms with Crippen LogP contribution in [0.25, 0.3) is 45.3 Å². The third kappa shape index (κ3) is 2.38. The van der Waals surface area contributed by atoms with E-state index in [1.165, 1.54) is 5.56 Å². The first kappa shape index (κ1) is 16.3. The molecule has 0 spiro atoms. The van der Waals surface area contributed by atoms with Crippen LogP contribution in [0.2, 0.25) is 0 Å². The van der Waals surface area contributed by atoms with Crippen LogP contribution in [0.5, 0.6) is 0 Å². The van der Waals surface area contributed by atoms with Crippen molar-refractivity contribution in [1.82, 2.24) is 0 Å². The number of rotatable bonds is 3. The monoisotopic (exact) mass is 340 g/mol. The Kier molecular flexibility index (Phi) is 3.96. The van der Waals surface area contributed by atoms with Crippen molar-refractivity contribution in [2.75, 3.05) is 0 Å². The first-order chi connectivity index (χ1) is 12.7. The highest BCUT2D eigenvalue weighted by Gasteiger charge is 2.21. The summed E-state index contributed by atoms with van der Waals surface area (Å²) in [7, 11) is 2.07. The molecular weight excluding hydrogens is 318 g/mol. The summed E-state index contributed by atoms with van der Waals surface area (Å²) in [4.78, 5) is 0. The third-order valence-corrected chi connectivity index (χ3v) is 4.95. The van der Waals surface area contributed by atoms with E-state index in [1.54, 1.807) is 0 Å². The quantitative estimate of drug-likeness (QED) is 0.414. The minimum Gasteiger partial charge on any atom is -0.454 e. The van der Waals surface area contributed by atoms with E-state index in [9.17, 15) is 0 Å². The molecule has 26 heavy (non-hydrogen) atoms. The molecule has 128 valence electrons. The number of pyridine rings is 1. The normalized spacial score (nSPS) is 11.7. The maximum atomic E-state index is 6.49. The number of furan rings is 1. The topological polar surface area (TPSA) is 17.0 Å². The maximum Gasteiger partial charge on any atom is 0.216 e. The lowest BCUT2D eigenvalue weighted by Gasteiger charge is -2.04. The fourth-order valence-corrected chi connectivity index (χ4v) is 3.66. The van der Waals surface area contributed by atoms with E-state index in [4.69, 9.17) is 4.42 Å². The van der Waals surface area contributed by atoms with E-state index in [0.717, 1.165) is 44.3 Å². The van der Waals surface area contributed by atoms with Gasteiger partial charge in [-0.15, -0.1) is 0 Å². The van der Waals surface area contributed by atoms with Gasteiger partial charge in [0.2, 0.25) is 5.69 Å². The van der Waals surface area contributed by atoms with Crippen LogP contribution >= 0.6 is 0 Å². The Morgan fingerprint density at radius 3 is 2.50 bits per heavy atom. The SMILES string of the molecule is C=Cc1ccc2c(oc3c(-c4cccc[n+]4C)c(C)ccc32)c1/C=C\C. The lowest BCUT2D eigenvalue weighted by molar-refractivity contribution is -0.660. The Hall–Kier alpha value is -3.13. The van der Waals surface area contributed by atoms with Crippen molar-refractivity contribution in [3.8, 4) is 11.3 Å². The molecule has 2 heteroatoms. The van der Waals surface area contributed by atoms with Crippen molar-refractivity contribution in [2.45, 2.75) is 13.8 Å². The first-order valence-corrected chi connectivity index (χ1v) is 8.84. The Morgan fingerprint density at radius 2 is 1.77 bits per heavy atom. The molecule has 2 heterocycles. The van der Waals surface area contributed by atoms with Gasteiger partial charge in [0.1, 0.15) is 18.2 Å². The molecule has 2 aromatic heterocycles. The highest BCUT2D eigenvalue weighted by atomic mass is 16.3. The molecule has 0 aliphatic carbocycles. The van der Waals surface area contributed by atoms with E-state index in [1.807, 2.05) is 25.1 Å². The molecule has 0 N–H and O–H groups in total. The highest BCUT2D eigenvalue weighted by Crippen LogP contribution is 2.39. The minimum atomic E-state index is 0.918. The fourth-order valence-electron chi connectivity index (χ4n) is 3.66. The summed E-state index contributed by atoms with van der Waals surface area (Å²) < 4.78 is 8.62. The highest BCUT2D eigenvalue weighted by molar-refractivity contribution is 6.12. The van der Waals surface area contributed by atoms with Gasteiger partial charge in [0.25, 0.3) is 0 Å². The number of hydrogen-bond donors (Lipinski definition) is 0. The number of benzene rings is 2. The van der Waals surface area contributed by atoms with Gasteiger partial charge in [-0.2, -0.15) is 0 Å². The third-order valence-electron chi connectivity index (χ3n) is 4.95. The number of aryl methyl sites for hydroxylation is 2. The van der Waals surface area contributed by atoms with Crippen molar-refractivity contribution in [1.29, 1.82) is 0 Å². The number of allylic oxidation sites excluding steroid dienone is 1. The van der Waals surface area contributed by atoms with Crippen LogP contribution in [0.15, 0.2) is 65.7 Å². The van der Waals surface area contributed by atoms with Crippen molar-refractivity contribution < 1.29 is 8.98 Å². The van der Waals surface area contributed by atoms with Crippen molar-refractivity contribution in [3.05, 3.63) is 78.0 Å². The lowest BCUT2D eigenvalue weighted by atomic mass is 9.99. The number of nitrogens with zero attached hydrogens (tertiary/aromatic N) is 1. The zero-order valence-corrected chi connectivity index (χ0v) is 15.4. The van der Waals surface area contributed by atoms with Gasteiger partial charge in [0, 0.05) is 28.5 Å². The molecule has 0 atom stereocenters. The minimum absolute atomic E-state index is 0.918. The Balaban J connectivity index is 2.17. The zero-order valence-electron chi connectivity index (χ0n) is 15.4. The molecule has 0 aliphatic heterocycles. The molecular formula is C24H22NO+. The van der Waals surface area contributed by atoms with Gasteiger partial charge in [-0.1, -0.05) is 43.0 Å². The summed E-state index contributed by atoms with van der Waals surface area (Å²) in [5, 5.41) is 2.28. The lowest BCUT2D eigenvalue weighted by Crippen LogP contribution is -2.30. The van der Waals surface area contributed by atoms with E-state index in [-0.39, 0.29) is 0 Å². The van der Waals surface area contributed by atoms with E-state index >= 15 is 0 Å². The van der Waals surface area contributed by atoms with Crippen LogP contribution in [0.3, 0.4) is 0 Å². The van der Waals surface area contributed by atoms with Crippen LogP contribution in [0.4, 0.5) is 0 Å². The molecule has 4 aromatic rings. The van der Waals surface area contributed by atoms with Crippen LogP contribution in [0, 0.1) is 6.92 Å². The summed E-state index contributed by atoms with van der Waals surface area (Å²) in [6.07, 6.45) is 8.08. The first-order valence-electron chi connectivity index (χ1n) is 8.84. The van der Waals surface area contributed by atoms with E-state index < -0.39 is 0 Å². The van der Waals surface area contributed by atoms with Crippen molar-refractivity contribution in [3.63, 3.8) is 0 Å². The summed E-state index contributed by atoms with van der Waals surface area (Å²) in [6.45, 7) is 8.10. The number of hydrogen-bond acceptors (Lipinski definition) is 1. The molecule has 0 saturated heterocycles. The van der Waals surface area contributed by atoms with Gasteiger partial charge < -0.3 is 4.42 Å². The molecule has 4 rings (SSSR count). The molecule has 0 amide bonds. The van der Waals surface area contributed by atoms with E-state index in [2.05, 4.69) is 73.8 Å². The fraction of sp³-hybridized carbons (Fsp3) is 0.125. The number of aromatic nitrogens is 1. The average molecular weight is 340 g/mol. The Labute approximate surface area is 153 Å². The second-order valence-corrected chi connectivity index (χ2v) is 6.58. The van der Waals surface area contributed by atoms with Gasteiger partial charge in [-0.25, -0.2) is 4.57 Å². The second kappa shape index (κ2) is 6.30. The van der Waals surface area contributed by atoms with Crippen LogP contribution in [0.1, 0.15) is 23.6 Å². The van der Waals surface area contributed by atoms with Gasteiger partial charge in [0.05, 0.1) is 5.56 Å². The second-order valence-electron chi connectivity index (χ2n) is 6.58. The molecule has 0 aliphatic rings.